The number of aromatic nitrogens is 3. The number of hydrogen-bond donors (Lipinski definition) is 2. The maximum Gasteiger partial charge on any atom is 0.258 e. The van der Waals surface area contributed by atoms with Gasteiger partial charge in [0.25, 0.3) is 5.91 Å². The van der Waals surface area contributed by atoms with E-state index in [0.29, 0.717) is 16.0 Å². The van der Waals surface area contributed by atoms with Crippen LogP contribution in [0.1, 0.15) is 36.8 Å². The van der Waals surface area contributed by atoms with Crippen molar-refractivity contribution in [3.8, 4) is 0 Å². The number of amides is 1. The van der Waals surface area contributed by atoms with E-state index < -0.39 is 0 Å². The van der Waals surface area contributed by atoms with Crippen LogP contribution in [0, 0.1) is 0 Å². The Hall–Kier alpha value is -1.69. The van der Waals surface area contributed by atoms with Crippen molar-refractivity contribution in [3.63, 3.8) is 0 Å². The minimum absolute atomic E-state index is 0.0326. The lowest BCUT2D eigenvalue weighted by Crippen LogP contribution is -2.12. The first kappa shape index (κ1) is 13.7. The van der Waals surface area contributed by atoms with Gasteiger partial charge in [0.05, 0.1) is 5.56 Å². The van der Waals surface area contributed by atoms with Crippen molar-refractivity contribution in [2.45, 2.75) is 26.2 Å². The average molecular weight is 323 g/mol. The Morgan fingerprint density at radius 2 is 2.11 bits per heavy atom. The van der Waals surface area contributed by atoms with Crippen LogP contribution in [-0.4, -0.2) is 21.1 Å². The summed E-state index contributed by atoms with van der Waals surface area (Å²) in [4.78, 5) is 16.0. The normalized spacial score (nSPS) is 11.4. The fourth-order valence-electron chi connectivity index (χ4n) is 1.47. The number of nitrogens with zero attached hydrogens (tertiary/aromatic N) is 2. The van der Waals surface area contributed by atoms with E-state index in [2.05, 4.69) is 57.2 Å². The van der Waals surface area contributed by atoms with Crippen LogP contribution in [0.2, 0.25) is 0 Å². The molecule has 5 nitrogen and oxygen atoms in total. The summed E-state index contributed by atoms with van der Waals surface area (Å²) in [6.07, 6.45) is 1.51. The van der Waals surface area contributed by atoms with Gasteiger partial charge in [-0.3, -0.25) is 9.89 Å². The number of hydrogen-bond acceptors (Lipinski definition) is 3. The summed E-state index contributed by atoms with van der Waals surface area (Å²) in [7, 11) is 0. The number of carbonyl (C=O) groups excluding carboxylic acids is 1. The molecule has 0 spiro atoms. The van der Waals surface area contributed by atoms with Crippen molar-refractivity contribution in [2.75, 3.05) is 5.32 Å². The third-order valence-corrected chi connectivity index (χ3v) is 3.09. The van der Waals surface area contributed by atoms with Crippen molar-refractivity contribution < 1.29 is 4.79 Å². The molecule has 2 aromatic rings. The van der Waals surface area contributed by atoms with Crippen LogP contribution in [0.3, 0.4) is 0 Å². The lowest BCUT2D eigenvalue weighted by molar-refractivity contribution is 0.102. The highest BCUT2D eigenvalue weighted by Gasteiger charge is 2.17. The summed E-state index contributed by atoms with van der Waals surface area (Å²) < 4.78 is 0.693. The number of carbonyl (C=O) groups is 1. The molecule has 2 rings (SSSR count). The summed E-state index contributed by atoms with van der Waals surface area (Å²) in [6, 6.07) is 5.26. The van der Waals surface area contributed by atoms with Gasteiger partial charge in [-0.25, -0.2) is 4.98 Å². The number of rotatable bonds is 2. The molecule has 100 valence electrons. The third kappa shape index (κ3) is 3.41. The van der Waals surface area contributed by atoms with Crippen molar-refractivity contribution in [3.05, 3.63) is 40.3 Å². The molecule has 0 radical (unpaired) electrons. The Kier molecular flexibility index (Phi) is 3.71. The molecular weight excluding hydrogens is 308 g/mol. The van der Waals surface area contributed by atoms with Gasteiger partial charge in [-0.05, 0) is 28.1 Å². The zero-order chi connectivity index (χ0) is 14.0. The van der Waals surface area contributed by atoms with E-state index in [0.717, 1.165) is 5.69 Å². The fourth-order valence-corrected chi connectivity index (χ4v) is 1.70. The number of aromatic amines is 1. The molecule has 0 atom stereocenters. The van der Waals surface area contributed by atoms with Gasteiger partial charge < -0.3 is 5.32 Å². The molecule has 0 saturated carbocycles. The lowest BCUT2D eigenvalue weighted by atomic mass is 9.92. The van der Waals surface area contributed by atoms with Crippen LogP contribution >= 0.6 is 15.9 Å². The highest BCUT2D eigenvalue weighted by molar-refractivity contribution is 9.10. The van der Waals surface area contributed by atoms with Gasteiger partial charge in [-0.15, -0.1) is 0 Å². The monoisotopic (exact) mass is 322 g/mol. The van der Waals surface area contributed by atoms with Gasteiger partial charge in [0.15, 0.2) is 5.82 Å². The second-order valence-electron chi connectivity index (χ2n) is 5.24. The predicted molar refractivity (Wildman–Crippen MR) is 77.2 cm³/mol. The molecule has 2 heterocycles. The summed E-state index contributed by atoms with van der Waals surface area (Å²) in [5.74, 6) is 0.282. The molecule has 0 bridgehead atoms. The number of nitrogens with one attached hydrogen (secondary N) is 2. The molecule has 0 aliphatic carbocycles. The maximum absolute atomic E-state index is 12.0. The first-order valence-corrected chi connectivity index (χ1v) is 6.64. The molecule has 0 fully saturated rings. The van der Waals surface area contributed by atoms with E-state index >= 15 is 0 Å². The smallest absolute Gasteiger partial charge is 0.258 e. The first-order chi connectivity index (χ1) is 8.86. The van der Waals surface area contributed by atoms with Gasteiger partial charge in [0.2, 0.25) is 0 Å². The molecule has 0 unspecified atom stereocenters. The molecule has 0 aromatic carbocycles. The molecule has 0 aliphatic rings. The highest BCUT2D eigenvalue weighted by Crippen LogP contribution is 2.22. The van der Waals surface area contributed by atoms with Crippen molar-refractivity contribution >= 4 is 27.7 Å². The van der Waals surface area contributed by atoms with Crippen LogP contribution in [-0.2, 0) is 5.41 Å². The Bertz CT molecular complexity index is 583. The van der Waals surface area contributed by atoms with E-state index in [9.17, 15) is 4.79 Å². The van der Waals surface area contributed by atoms with Crippen LogP contribution in [0.4, 0.5) is 5.82 Å². The second kappa shape index (κ2) is 5.13. The summed E-state index contributed by atoms with van der Waals surface area (Å²) in [5, 5.41) is 9.74. The third-order valence-electron chi connectivity index (χ3n) is 2.62. The average Bonchev–Trinajstić information content (AvgIpc) is 2.78. The van der Waals surface area contributed by atoms with Crippen LogP contribution in [0.25, 0.3) is 0 Å². The van der Waals surface area contributed by atoms with Gasteiger partial charge >= 0.3 is 0 Å². The van der Waals surface area contributed by atoms with Gasteiger partial charge in [-0.2, -0.15) is 5.10 Å². The molecule has 19 heavy (non-hydrogen) atoms. The highest BCUT2D eigenvalue weighted by atomic mass is 79.9. The molecule has 2 aromatic heterocycles. The minimum atomic E-state index is -0.230. The van der Waals surface area contributed by atoms with Gasteiger partial charge in [0.1, 0.15) is 4.60 Å². The SMILES string of the molecule is CC(C)(C)c1cc(NC(=O)c2ccc(Br)nc2)n[nH]1. The standard InChI is InChI=1S/C13H15BrN4O/c1-13(2,3)9-6-11(18-17-9)16-12(19)8-4-5-10(14)15-7-8/h4-7H,1-3H3,(H2,16,17,18,19). The summed E-state index contributed by atoms with van der Waals surface area (Å²) in [5.41, 5.74) is 1.43. The Labute approximate surface area is 120 Å². The van der Waals surface area contributed by atoms with Crippen LogP contribution < -0.4 is 5.32 Å². The number of H-pyrrole nitrogens is 1. The van der Waals surface area contributed by atoms with E-state index in [1.54, 1.807) is 12.1 Å². The Morgan fingerprint density at radius 1 is 1.37 bits per heavy atom. The number of pyridine rings is 1. The number of halogens is 1. The maximum atomic E-state index is 12.0. The molecule has 2 N–H and O–H groups in total. The minimum Gasteiger partial charge on any atom is -0.305 e. The van der Waals surface area contributed by atoms with E-state index in [1.165, 1.54) is 6.20 Å². The van der Waals surface area contributed by atoms with E-state index in [1.807, 2.05) is 6.07 Å². The van der Waals surface area contributed by atoms with Gasteiger partial charge in [-0.1, -0.05) is 20.8 Å². The van der Waals surface area contributed by atoms with Crippen molar-refractivity contribution in [1.29, 1.82) is 0 Å². The summed E-state index contributed by atoms with van der Waals surface area (Å²) >= 11 is 3.23. The topological polar surface area (TPSA) is 70.7 Å². The van der Waals surface area contributed by atoms with Crippen molar-refractivity contribution in [2.24, 2.45) is 0 Å². The Balaban J connectivity index is 2.11. The fraction of sp³-hybridized carbons (Fsp3) is 0.308. The van der Waals surface area contributed by atoms with Crippen LogP contribution in [0.5, 0.6) is 0 Å². The van der Waals surface area contributed by atoms with E-state index in [4.69, 9.17) is 0 Å². The molecule has 1 amide bonds. The second-order valence-corrected chi connectivity index (χ2v) is 6.05. The molecule has 0 aliphatic heterocycles. The summed E-state index contributed by atoms with van der Waals surface area (Å²) in [6.45, 7) is 6.22. The molecule has 0 saturated heterocycles. The van der Waals surface area contributed by atoms with Crippen molar-refractivity contribution in [1.82, 2.24) is 15.2 Å². The molecular formula is C13H15BrN4O. The van der Waals surface area contributed by atoms with Crippen LogP contribution in [0.15, 0.2) is 29.0 Å². The number of anilines is 1. The lowest BCUT2D eigenvalue weighted by Gasteiger charge is -2.14. The largest absolute Gasteiger partial charge is 0.305 e. The predicted octanol–water partition coefficient (Wildman–Crippen LogP) is 3.12. The van der Waals surface area contributed by atoms with Gasteiger partial charge in [0, 0.05) is 23.4 Å². The quantitative estimate of drug-likeness (QED) is 0.834. The molecule has 6 heteroatoms. The Morgan fingerprint density at radius 3 is 2.63 bits per heavy atom. The first-order valence-electron chi connectivity index (χ1n) is 5.85. The zero-order valence-corrected chi connectivity index (χ0v) is 12.6. The zero-order valence-electron chi connectivity index (χ0n) is 11.0. The van der Waals surface area contributed by atoms with E-state index in [-0.39, 0.29) is 11.3 Å².